The first-order chi connectivity index (χ1) is 16.0. The Kier molecular flexibility index (Phi) is 8.23. The molecule has 2 N–H and O–H groups in total. The lowest BCUT2D eigenvalue weighted by atomic mass is 10.2. The first kappa shape index (κ1) is 26.0. The molecule has 1 aromatic rings. The monoisotopic (exact) mass is 499 g/mol. The molecule has 0 bridgehead atoms. The fourth-order valence-electron chi connectivity index (χ4n) is 3.56. The van der Waals surface area contributed by atoms with Gasteiger partial charge in [0.05, 0.1) is 26.0 Å². The highest BCUT2D eigenvalue weighted by Crippen LogP contribution is 2.28. The topological polar surface area (TPSA) is 130 Å². The first-order valence-electron chi connectivity index (χ1n) is 11.1. The summed E-state index contributed by atoms with van der Waals surface area (Å²) in [5.74, 6) is 0.408. The van der Waals surface area contributed by atoms with Crippen molar-refractivity contribution < 1.29 is 32.2 Å². The molecule has 2 heterocycles. The van der Waals surface area contributed by atoms with Gasteiger partial charge in [0.2, 0.25) is 0 Å². The van der Waals surface area contributed by atoms with Crippen LogP contribution < -0.4 is 15.4 Å². The summed E-state index contributed by atoms with van der Waals surface area (Å²) in [6.45, 7) is 7.64. The molecule has 3 amide bonds. The van der Waals surface area contributed by atoms with Crippen molar-refractivity contribution in [2.24, 2.45) is 0 Å². The number of ether oxygens (including phenoxy) is 3. The smallest absolute Gasteiger partial charge is 0.412 e. The molecule has 0 radical (unpaired) electrons. The SMILES string of the molecule is COc1ccc(NC(=O)N2CCN(S(=O)(=O)N3CCOCC3)CC2)cc1NC(=O)OC(C)(C)C. The Morgan fingerprint density at radius 1 is 0.971 bits per heavy atom. The van der Waals surface area contributed by atoms with E-state index < -0.39 is 21.9 Å². The van der Waals surface area contributed by atoms with E-state index in [2.05, 4.69) is 10.6 Å². The van der Waals surface area contributed by atoms with E-state index >= 15 is 0 Å². The summed E-state index contributed by atoms with van der Waals surface area (Å²) in [5.41, 5.74) is 0.122. The van der Waals surface area contributed by atoms with Gasteiger partial charge >= 0.3 is 12.1 Å². The zero-order chi connectivity index (χ0) is 24.9. The molecular formula is C21H33N5O7S. The second kappa shape index (κ2) is 10.8. The number of benzene rings is 1. The Morgan fingerprint density at radius 3 is 2.18 bits per heavy atom. The van der Waals surface area contributed by atoms with Crippen molar-refractivity contribution in [3.05, 3.63) is 18.2 Å². The van der Waals surface area contributed by atoms with E-state index in [1.165, 1.54) is 15.7 Å². The molecule has 34 heavy (non-hydrogen) atoms. The maximum Gasteiger partial charge on any atom is 0.412 e. The molecule has 0 spiro atoms. The average molecular weight is 500 g/mol. The van der Waals surface area contributed by atoms with Crippen LogP contribution in [0.15, 0.2) is 18.2 Å². The van der Waals surface area contributed by atoms with Crippen molar-refractivity contribution in [1.29, 1.82) is 0 Å². The third-order valence-electron chi connectivity index (χ3n) is 5.23. The Bertz CT molecular complexity index is 982. The van der Waals surface area contributed by atoms with Gasteiger partial charge in [-0.3, -0.25) is 5.32 Å². The zero-order valence-electron chi connectivity index (χ0n) is 20.0. The predicted molar refractivity (Wildman–Crippen MR) is 126 cm³/mol. The highest BCUT2D eigenvalue weighted by Gasteiger charge is 2.34. The molecule has 0 atom stereocenters. The number of morpholine rings is 1. The number of hydrogen-bond acceptors (Lipinski definition) is 7. The summed E-state index contributed by atoms with van der Waals surface area (Å²) in [7, 11) is -2.10. The van der Waals surface area contributed by atoms with Crippen LogP contribution in [0.4, 0.5) is 21.0 Å². The number of piperazine rings is 1. The normalized spacial score (nSPS) is 18.3. The molecular weight excluding hydrogens is 466 g/mol. The minimum Gasteiger partial charge on any atom is -0.495 e. The van der Waals surface area contributed by atoms with Crippen molar-refractivity contribution in [1.82, 2.24) is 13.5 Å². The number of nitrogens with zero attached hydrogens (tertiary/aromatic N) is 3. The third kappa shape index (κ3) is 6.72. The molecule has 0 aromatic heterocycles. The van der Waals surface area contributed by atoms with Crippen LogP contribution >= 0.6 is 0 Å². The number of urea groups is 1. The van der Waals surface area contributed by atoms with Crippen molar-refractivity contribution in [3.8, 4) is 5.75 Å². The fourth-order valence-corrected chi connectivity index (χ4v) is 5.12. The Labute approximate surface area is 200 Å². The predicted octanol–water partition coefficient (Wildman–Crippen LogP) is 1.77. The molecule has 3 rings (SSSR count). The third-order valence-corrected chi connectivity index (χ3v) is 7.27. The quantitative estimate of drug-likeness (QED) is 0.631. The van der Waals surface area contributed by atoms with E-state index in [0.29, 0.717) is 43.4 Å². The van der Waals surface area contributed by atoms with Crippen LogP contribution in [0.25, 0.3) is 0 Å². The van der Waals surface area contributed by atoms with Crippen LogP contribution in [0.2, 0.25) is 0 Å². The van der Waals surface area contributed by atoms with Gasteiger partial charge in [-0.2, -0.15) is 17.0 Å². The number of carbonyl (C=O) groups excluding carboxylic acids is 2. The largest absolute Gasteiger partial charge is 0.495 e. The number of nitrogens with one attached hydrogen (secondary N) is 2. The summed E-state index contributed by atoms with van der Waals surface area (Å²) in [5, 5.41) is 5.41. The van der Waals surface area contributed by atoms with E-state index in [1.54, 1.807) is 43.9 Å². The van der Waals surface area contributed by atoms with Gasteiger partial charge in [0.1, 0.15) is 11.4 Å². The van der Waals surface area contributed by atoms with E-state index in [0.717, 1.165) is 0 Å². The summed E-state index contributed by atoms with van der Waals surface area (Å²) in [6.07, 6.45) is -0.646. The molecule has 13 heteroatoms. The molecule has 1 aromatic carbocycles. The maximum atomic E-state index is 12.8. The van der Waals surface area contributed by atoms with Crippen LogP contribution in [-0.4, -0.2) is 99.2 Å². The van der Waals surface area contributed by atoms with Gasteiger partial charge < -0.3 is 24.4 Å². The molecule has 12 nitrogen and oxygen atoms in total. The lowest BCUT2D eigenvalue weighted by Gasteiger charge is -2.37. The van der Waals surface area contributed by atoms with Gasteiger partial charge in [-0.05, 0) is 39.0 Å². The van der Waals surface area contributed by atoms with Crippen LogP contribution in [0, 0.1) is 0 Å². The van der Waals surface area contributed by atoms with Gasteiger partial charge in [-0.1, -0.05) is 0 Å². The van der Waals surface area contributed by atoms with Crippen molar-refractivity contribution in [3.63, 3.8) is 0 Å². The lowest BCUT2D eigenvalue weighted by Crippen LogP contribution is -2.56. The van der Waals surface area contributed by atoms with Crippen molar-refractivity contribution in [2.75, 3.05) is 70.2 Å². The van der Waals surface area contributed by atoms with Crippen LogP contribution in [0.3, 0.4) is 0 Å². The second-order valence-corrected chi connectivity index (χ2v) is 10.8. The molecule has 2 aliphatic heterocycles. The number of carbonyl (C=O) groups is 2. The summed E-state index contributed by atoms with van der Waals surface area (Å²) in [4.78, 5) is 26.5. The number of hydrogen-bond donors (Lipinski definition) is 2. The number of amides is 3. The lowest BCUT2D eigenvalue weighted by molar-refractivity contribution is 0.0635. The van der Waals surface area contributed by atoms with Gasteiger partial charge in [0.15, 0.2) is 0 Å². The van der Waals surface area contributed by atoms with Crippen molar-refractivity contribution in [2.45, 2.75) is 26.4 Å². The fraction of sp³-hybridized carbons (Fsp3) is 0.619. The molecule has 0 saturated carbocycles. The van der Waals surface area contributed by atoms with Crippen LogP contribution in [0.1, 0.15) is 20.8 Å². The minimum absolute atomic E-state index is 0.209. The standard InChI is InChI=1S/C21H33N5O7S/c1-21(2,3)33-20(28)23-17-15-16(5-6-18(17)31-4)22-19(27)24-7-9-25(10-8-24)34(29,30)26-11-13-32-14-12-26/h5-6,15H,7-14H2,1-4H3,(H,22,27)(H,23,28). The molecule has 0 unspecified atom stereocenters. The van der Waals surface area contributed by atoms with Crippen LogP contribution in [-0.2, 0) is 19.7 Å². The minimum atomic E-state index is -3.57. The molecule has 0 aliphatic carbocycles. The maximum absolute atomic E-state index is 12.8. The molecule has 2 fully saturated rings. The summed E-state index contributed by atoms with van der Waals surface area (Å²) in [6, 6.07) is 4.47. The Hall–Kier alpha value is -2.61. The van der Waals surface area contributed by atoms with Gasteiger partial charge in [0.25, 0.3) is 10.2 Å². The molecule has 2 aliphatic rings. The summed E-state index contributed by atoms with van der Waals surface area (Å²) < 4.78 is 44.2. The van der Waals surface area contributed by atoms with Gasteiger partial charge in [-0.25, -0.2) is 9.59 Å². The second-order valence-electron chi connectivity index (χ2n) is 8.88. The Balaban J connectivity index is 1.59. The van der Waals surface area contributed by atoms with E-state index in [4.69, 9.17) is 14.2 Å². The highest BCUT2D eigenvalue weighted by atomic mass is 32.2. The Morgan fingerprint density at radius 2 is 1.59 bits per heavy atom. The zero-order valence-corrected chi connectivity index (χ0v) is 20.8. The van der Waals surface area contributed by atoms with E-state index in [9.17, 15) is 18.0 Å². The van der Waals surface area contributed by atoms with Gasteiger partial charge in [-0.15, -0.1) is 0 Å². The van der Waals surface area contributed by atoms with E-state index in [-0.39, 0.29) is 32.2 Å². The average Bonchev–Trinajstić information content (AvgIpc) is 2.78. The first-order valence-corrected chi connectivity index (χ1v) is 12.5. The van der Waals surface area contributed by atoms with E-state index in [1.807, 2.05) is 0 Å². The van der Waals surface area contributed by atoms with Gasteiger partial charge in [0, 0.05) is 45.0 Å². The number of rotatable bonds is 5. The number of methoxy groups -OCH3 is 1. The van der Waals surface area contributed by atoms with Crippen LogP contribution in [0.5, 0.6) is 5.75 Å². The van der Waals surface area contributed by atoms with Crippen molar-refractivity contribution >= 4 is 33.7 Å². The number of anilines is 2. The highest BCUT2D eigenvalue weighted by molar-refractivity contribution is 7.86. The molecule has 2 saturated heterocycles. The summed E-state index contributed by atoms with van der Waals surface area (Å²) >= 11 is 0. The molecule has 190 valence electrons.